The monoisotopic (exact) mass is 148 g/mol. The summed E-state index contributed by atoms with van der Waals surface area (Å²) in [6, 6.07) is 0. The van der Waals surface area contributed by atoms with Crippen molar-refractivity contribution in [2.24, 2.45) is 0 Å². The van der Waals surface area contributed by atoms with E-state index in [1.165, 1.54) is 0 Å². The van der Waals surface area contributed by atoms with Crippen molar-refractivity contribution < 1.29 is 14.9 Å². The summed E-state index contributed by atoms with van der Waals surface area (Å²) in [7, 11) is 1.00. The lowest BCUT2D eigenvalue weighted by atomic mass is 10.1. The molecular formula is C7H16O3. The average Bonchev–Trinajstić information content (AvgIpc) is 2.10. The first-order valence-electron chi connectivity index (χ1n) is 3.66. The number of aliphatic hydroxyl groups excluding tert-OH is 1. The van der Waals surface area contributed by atoms with E-state index < -0.39 is 0 Å². The lowest BCUT2D eigenvalue weighted by Gasteiger charge is -2.18. The quantitative estimate of drug-likeness (QED) is 0.566. The summed E-state index contributed by atoms with van der Waals surface area (Å²) in [6.07, 6.45) is 3.75. The van der Waals surface area contributed by atoms with Gasteiger partial charge in [-0.2, -0.15) is 0 Å². The molecule has 0 aliphatic carbocycles. The zero-order chi connectivity index (χ0) is 7.82. The highest BCUT2D eigenvalue weighted by Crippen LogP contribution is 2.11. The molecule has 1 unspecified atom stereocenters. The largest absolute Gasteiger partial charge is 0.400 e. The van der Waals surface area contributed by atoms with Crippen molar-refractivity contribution in [1.29, 1.82) is 0 Å². The molecule has 1 N–H and O–H groups in total. The second-order valence-corrected chi connectivity index (χ2v) is 2.09. The predicted molar refractivity (Wildman–Crippen MR) is 38.5 cm³/mol. The van der Waals surface area contributed by atoms with Gasteiger partial charge in [0.15, 0.2) is 0 Å². The van der Waals surface area contributed by atoms with Crippen LogP contribution in [0, 0.1) is 0 Å². The molecule has 0 saturated carbocycles. The van der Waals surface area contributed by atoms with E-state index in [2.05, 4.69) is 6.92 Å². The molecule has 0 aromatic rings. The van der Waals surface area contributed by atoms with Gasteiger partial charge in [-0.1, -0.05) is 6.92 Å². The molecule has 1 saturated heterocycles. The Labute approximate surface area is 61.9 Å². The van der Waals surface area contributed by atoms with Gasteiger partial charge in [-0.05, 0) is 19.3 Å². The fourth-order valence-electron chi connectivity index (χ4n) is 0.835. The van der Waals surface area contributed by atoms with Crippen LogP contribution < -0.4 is 0 Å². The van der Waals surface area contributed by atoms with E-state index in [0.29, 0.717) is 6.10 Å². The van der Waals surface area contributed by atoms with Crippen LogP contribution in [0.5, 0.6) is 0 Å². The summed E-state index contributed by atoms with van der Waals surface area (Å²) >= 11 is 0. The Morgan fingerprint density at radius 2 is 2.20 bits per heavy atom. The molecule has 0 amide bonds. The SMILES string of the molecule is CCC1CCCOO1.CO. The highest BCUT2D eigenvalue weighted by atomic mass is 17.2. The van der Waals surface area contributed by atoms with Crippen LogP contribution >= 0.6 is 0 Å². The first-order chi connectivity index (χ1) is 4.93. The standard InChI is InChI=1S/C6H12O2.CH4O/c1-2-6-4-3-5-7-8-6;1-2/h6H,2-5H2,1H3;2H,1H3. The highest BCUT2D eigenvalue weighted by molar-refractivity contribution is 4.54. The molecule has 10 heavy (non-hydrogen) atoms. The summed E-state index contributed by atoms with van der Waals surface area (Å²) in [6.45, 7) is 2.88. The Morgan fingerprint density at radius 3 is 2.50 bits per heavy atom. The van der Waals surface area contributed by atoms with Gasteiger partial charge in [0.2, 0.25) is 0 Å². The Morgan fingerprint density at radius 1 is 1.50 bits per heavy atom. The summed E-state index contributed by atoms with van der Waals surface area (Å²) in [5, 5.41) is 7.00. The lowest BCUT2D eigenvalue weighted by Crippen LogP contribution is -2.18. The van der Waals surface area contributed by atoms with E-state index in [0.717, 1.165) is 33.0 Å². The van der Waals surface area contributed by atoms with Gasteiger partial charge in [0.05, 0.1) is 12.7 Å². The molecule has 62 valence electrons. The third kappa shape index (κ3) is 3.82. The number of hydrogen-bond acceptors (Lipinski definition) is 3. The maximum Gasteiger partial charge on any atom is 0.0928 e. The van der Waals surface area contributed by atoms with Crippen LogP contribution in [0.2, 0.25) is 0 Å². The zero-order valence-electron chi connectivity index (χ0n) is 6.67. The van der Waals surface area contributed by atoms with Crippen LogP contribution in [0.25, 0.3) is 0 Å². The van der Waals surface area contributed by atoms with Crippen LogP contribution in [0.4, 0.5) is 0 Å². The summed E-state index contributed by atoms with van der Waals surface area (Å²) in [5.74, 6) is 0. The van der Waals surface area contributed by atoms with E-state index in [4.69, 9.17) is 14.9 Å². The van der Waals surface area contributed by atoms with E-state index in [1.54, 1.807) is 0 Å². The maximum absolute atomic E-state index is 7.00. The van der Waals surface area contributed by atoms with Crippen molar-refractivity contribution in [3.63, 3.8) is 0 Å². The molecule has 0 spiro atoms. The topological polar surface area (TPSA) is 38.7 Å². The van der Waals surface area contributed by atoms with Gasteiger partial charge in [0, 0.05) is 7.11 Å². The van der Waals surface area contributed by atoms with Crippen LogP contribution in [-0.4, -0.2) is 24.9 Å². The lowest BCUT2D eigenvalue weighted by molar-refractivity contribution is -0.344. The number of rotatable bonds is 1. The molecule has 1 fully saturated rings. The number of hydrogen-bond donors (Lipinski definition) is 1. The summed E-state index contributed by atoms with van der Waals surface area (Å²) in [5.41, 5.74) is 0. The Balaban J connectivity index is 0.000000371. The first kappa shape index (κ1) is 9.88. The van der Waals surface area contributed by atoms with Crippen molar-refractivity contribution in [2.75, 3.05) is 13.7 Å². The van der Waals surface area contributed by atoms with Crippen LogP contribution in [0.1, 0.15) is 26.2 Å². The van der Waals surface area contributed by atoms with E-state index in [-0.39, 0.29) is 0 Å². The van der Waals surface area contributed by atoms with Gasteiger partial charge in [0.1, 0.15) is 0 Å². The molecule has 3 heteroatoms. The van der Waals surface area contributed by atoms with Crippen LogP contribution in [-0.2, 0) is 9.78 Å². The molecule has 0 radical (unpaired) electrons. The Hall–Kier alpha value is -0.120. The Kier molecular flexibility index (Phi) is 6.91. The minimum absolute atomic E-state index is 0.365. The fourth-order valence-corrected chi connectivity index (χ4v) is 0.835. The van der Waals surface area contributed by atoms with Crippen LogP contribution in [0.15, 0.2) is 0 Å². The van der Waals surface area contributed by atoms with E-state index in [1.807, 2.05) is 0 Å². The van der Waals surface area contributed by atoms with Crippen molar-refractivity contribution in [2.45, 2.75) is 32.3 Å². The maximum atomic E-state index is 7.00. The van der Waals surface area contributed by atoms with Crippen molar-refractivity contribution in [3.05, 3.63) is 0 Å². The number of aliphatic hydroxyl groups is 1. The van der Waals surface area contributed by atoms with Gasteiger partial charge < -0.3 is 5.11 Å². The Bertz CT molecular complexity index is 59.9. The third-order valence-electron chi connectivity index (χ3n) is 1.41. The molecule has 0 aromatic carbocycles. The van der Waals surface area contributed by atoms with Gasteiger partial charge in [-0.3, -0.25) is 0 Å². The summed E-state index contributed by atoms with van der Waals surface area (Å²) < 4.78 is 0. The fraction of sp³-hybridized carbons (Fsp3) is 1.00. The minimum Gasteiger partial charge on any atom is -0.400 e. The molecule has 0 bridgehead atoms. The second kappa shape index (κ2) is 6.99. The normalized spacial score (nSPS) is 24.9. The smallest absolute Gasteiger partial charge is 0.0928 e. The van der Waals surface area contributed by atoms with Gasteiger partial charge >= 0.3 is 0 Å². The van der Waals surface area contributed by atoms with Gasteiger partial charge in [-0.25, -0.2) is 9.78 Å². The molecule has 1 aliphatic heterocycles. The third-order valence-corrected chi connectivity index (χ3v) is 1.41. The minimum atomic E-state index is 0.365. The van der Waals surface area contributed by atoms with Gasteiger partial charge in [-0.15, -0.1) is 0 Å². The molecule has 1 atom stereocenters. The van der Waals surface area contributed by atoms with E-state index in [9.17, 15) is 0 Å². The summed E-state index contributed by atoms with van der Waals surface area (Å²) in [4.78, 5) is 9.70. The predicted octanol–water partition coefficient (Wildman–Crippen LogP) is 1.12. The van der Waals surface area contributed by atoms with Crippen LogP contribution in [0.3, 0.4) is 0 Å². The second-order valence-electron chi connectivity index (χ2n) is 2.09. The molecule has 1 heterocycles. The van der Waals surface area contributed by atoms with Gasteiger partial charge in [0.25, 0.3) is 0 Å². The molecule has 1 rings (SSSR count). The first-order valence-corrected chi connectivity index (χ1v) is 3.66. The molecule has 0 aromatic heterocycles. The van der Waals surface area contributed by atoms with Crippen molar-refractivity contribution >= 4 is 0 Å². The average molecular weight is 148 g/mol. The van der Waals surface area contributed by atoms with Crippen molar-refractivity contribution in [3.8, 4) is 0 Å². The molecule has 3 nitrogen and oxygen atoms in total. The zero-order valence-corrected chi connectivity index (χ0v) is 6.67. The van der Waals surface area contributed by atoms with E-state index >= 15 is 0 Å². The molecule has 1 aliphatic rings. The highest BCUT2D eigenvalue weighted by Gasteiger charge is 2.11. The molecular weight excluding hydrogens is 132 g/mol. The van der Waals surface area contributed by atoms with Crippen molar-refractivity contribution in [1.82, 2.24) is 0 Å².